The van der Waals surface area contributed by atoms with Gasteiger partial charge in [0.1, 0.15) is 19.3 Å². The summed E-state index contributed by atoms with van der Waals surface area (Å²) in [6.45, 7) is 9.64. The van der Waals surface area contributed by atoms with Gasteiger partial charge in [-0.05, 0) is 37.5 Å². The Morgan fingerprint density at radius 3 is 0.701 bits per heavy atom. The van der Waals surface area contributed by atoms with E-state index in [0.29, 0.717) is 25.7 Å². The van der Waals surface area contributed by atoms with E-state index in [1.54, 1.807) is 0 Å². The fourth-order valence-electron chi connectivity index (χ4n) is 12.0. The van der Waals surface area contributed by atoms with Crippen molar-refractivity contribution in [2.24, 2.45) is 11.8 Å². The van der Waals surface area contributed by atoms with Gasteiger partial charge < -0.3 is 33.8 Å². The number of phosphoric acid groups is 2. The molecular weight excluding hydrogens is 1270 g/mol. The second-order valence-electron chi connectivity index (χ2n) is 29.1. The standard InChI is InChI=1S/C78H152O17P2/c1-7-9-11-13-15-17-19-20-22-26-31-37-43-49-55-61-76(81)89-67-74(94-77(82)62-56-50-44-38-32-27-24-21-23-25-29-34-40-46-52-58-70(3)4)69-93-97(86,87)91-65-72(79)64-90-96(84,85)92-68-73(66-88-75(80)60-54-48-42-36-18-16-14-12-10-8-2)95-78(83)63-57-51-45-39-33-28-30-35-41-47-53-59-71(5)6/h70-74,79H,7-69H2,1-6H3,(H,84,85)(H,86,87)/t72-,73+,74+/m0/s1. The monoisotopic (exact) mass is 1420 g/mol. The van der Waals surface area contributed by atoms with Crippen molar-refractivity contribution in [3.8, 4) is 0 Å². The van der Waals surface area contributed by atoms with Gasteiger partial charge in [-0.25, -0.2) is 9.13 Å². The predicted molar refractivity (Wildman–Crippen MR) is 395 cm³/mol. The van der Waals surface area contributed by atoms with Crippen LogP contribution in [-0.4, -0.2) is 96.7 Å². The van der Waals surface area contributed by atoms with E-state index in [9.17, 15) is 43.2 Å². The Morgan fingerprint density at radius 2 is 0.474 bits per heavy atom. The van der Waals surface area contributed by atoms with E-state index < -0.39 is 97.5 Å². The van der Waals surface area contributed by atoms with E-state index in [2.05, 4.69) is 41.5 Å². The molecule has 0 saturated heterocycles. The lowest BCUT2D eigenvalue weighted by molar-refractivity contribution is -0.161. The highest BCUT2D eigenvalue weighted by molar-refractivity contribution is 7.47. The van der Waals surface area contributed by atoms with Crippen molar-refractivity contribution < 1.29 is 80.2 Å². The highest BCUT2D eigenvalue weighted by Crippen LogP contribution is 2.45. The van der Waals surface area contributed by atoms with E-state index in [4.69, 9.17) is 37.0 Å². The van der Waals surface area contributed by atoms with Gasteiger partial charge >= 0.3 is 39.5 Å². The highest BCUT2D eigenvalue weighted by atomic mass is 31.2. The molecular formula is C78H152O17P2. The molecule has 0 saturated carbocycles. The Hall–Kier alpha value is -1.94. The number of rotatable bonds is 77. The summed E-state index contributed by atoms with van der Waals surface area (Å²) in [6, 6.07) is 0. The molecule has 0 rings (SSSR count). The van der Waals surface area contributed by atoms with Gasteiger partial charge in [0.05, 0.1) is 26.4 Å². The summed E-state index contributed by atoms with van der Waals surface area (Å²) >= 11 is 0. The first-order valence-electron chi connectivity index (χ1n) is 40.5. The Kier molecular flexibility index (Phi) is 68.4. The molecule has 5 atom stereocenters. The molecule has 0 aliphatic carbocycles. The number of aliphatic hydroxyl groups excluding tert-OH is 1. The topological polar surface area (TPSA) is 237 Å². The fourth-order valence-corrected chi connectivity index (χ4v) is 13.6. The number of hydrogen-bond donors (Lipinski definition) is 3. The molecule has 0 heterocycles. The number of carbonyl (C=O) groups is 4. The van der Waals surface area contributed by atoms with E-state index in [0.717, 1.165) is 102 Å². The van der Waals surface area contributed by atoms with Gasteiger partial charge in [-0.15, -0.1) is 0 Å². The van der Waals surface area contributed by atoms with Crippen molar-refractivity contribution in [1.82, 2.24) is 0 Å². The van der Waals surface area contributed by atoms with Crippen LogP contribution < -0.4 is 0 Å². The number of esters is 4. The van der Waals surface area contributed by atoms with Gasteiger partial charge in [0.25, 0.3) is 0 Å². The summed E-state index contributed by atoms with van der Waals surface area (Å²) in [6.07, 6.45) is 58.1. The van der Waals surface area contributed by atoms with Crippen LogP contribution in [0.5, 0.6) is 0 Å². The molecule has 19 heteroatoms. The summed E-state index contributed by atoms with van der Waals surface area (Å²) in [5, 5.41) is 10.6. The molecule has 0 aliphatic rings. The smallest absolute Gasteiger partial charge is 0.462 e. The molecule has 0 amide bonds. The molecule has 2 unspecified atom stereocenters. The summed E-state index contributed by atoms with van der Waals surface area (Å²) in [7, 11) is -9.91. The summed E-state index contributed by atoms with van der Waals surface area (Å²) in [4.78, 5) is 72.9. The molecule has 0 aromatic heterocycles. The number of hydrogen-bond acceptors (Lipinski definition) is 15. The summed E-state index contributed by atoms with van der Waals surface area (Å²) < 4.78 is 68.6. The number of ether oxygens (including phenoxy) is 4. The molecule has 17 nitrogen and oxygen atoms in total. The van der Waals surface area contributed by atoms with Crippen LogP contribution in [0.4, 0.5) is 0 Å². The maximum atomic E-state index is 13.1. The molecule has 0 aromatic carbocycles. The second-order valence-corrected chi connectivity index (χ2v) is 32.0. The van der Waals surface area contributed by atoms with Crippen molar-refractivity contribution in [3.63, 3.8) is 0 Å². The average molecular weight is 1420 g/mol. The van der Waals surface area contributed by atoms with Gasteiger partial charge in [0, 0.05) is 25.7 Å². The minimum absolute atomic E-state index is 0.107. The van der Waals surface area contributed by atoms with Gasteiger partial charge in [0.2, 0.25) is 0 Å². The lowest BCUT2D eigenvalue weighted by atomic mass is 10.0. The largest absolute Gasteiger partial charge is 0.472 e. The van der Waals surface area contributed by atoms with E-state index in [-0.39, 0.29) is 25.7 Å². The quantitative estimate of drug-likeness (QED) is 0.0222. The average Bonchev–Trinajstić information content (AvgIpc) is 1.07. The molecule has 3 N–H and O–H groups in total. The lowest BCUT2D eigenvalue weighted by Gasteiger charge is -2.21. The minimum atomic E-state index is -4.96. The molecule has 0 spiro atoms. The molecule has 0 radical (unpaired) electrons. The highest BCUT2D eigenvalue weighted by Gasteiger charge is 2.30. The van der Waals surface area contributed by atoms with Crippen molar-refractivity contribution in [3.05, 3.63) is 0 Å². The van der Waals surface area contributed by atoms with Crippen LogP contribution in [0.25, 0.3) is 0 Å². The van der Waals surface area contributed by atoms with Crippen LogP contribution in [-0.2, 0) is 65.4 Å². The van der Waals surface area contributed by atoms with E-state index >= 15 is 0 Å². The zero-order valence-electron chi connectivity index (χ0n) is 63.4. The van der Waals surface area contributed by atoms with Crippen molar-refractivity contribution in [1.29, 1.82) is 0 Å². The Bertz CT molecular complexity index is 1870. The van der Waals surface area contributed by atoms with Crippen LogP contribution >= 0.6 is 15.6 Å². The van der Waals surface area contributed by atoms with Gasteiger partial charge in [-0.1, -0.05) is 356 Å². The Morgan fingerprint density at radius 1 is 0.278 bits per heavy atom. The van der Waals surface area contributed by atoms with Gasteiger partial charge in [0.15, 0.2) is 12.2 Å². The zero-order valence-corrected chi connectivity index (χ0v) is 65.2. The number of aliphatic hydroxyl groups is 1. The minimum Gasteiger partial charge on any atom is -0.462 e. The van der Waals surface area contributed by atoms with Gasteiger partial charge in [-0.2, -0.15) is 0 Å². The third-order valence-electron chi connectivity index (χ3n) is 18.2. The summed E-state index contributed by atoms with van der Waals surface area (Å²) in [5.74, 6) is -0.543. The number of unbranched alkanes of at least 4 members (excludes halogenated alkanes) is 47. The molecule has 0 aliphatic heterocycles. The van der Waals surface area contributed by atoms with Crippen LogP contribution in [0.3, 0.4) is 0 Å². The van der Waals surface area contributed by atoms with Gasteiger partial charge in [-0.3, -0.25) is 37.3 Å². The van der Waals surface area contributed by atoms with Crippen molar-refractivity contribution >= 4 is 39.5 Å². The molecule has 97 heavy (non-hydrogen) atoms. The molecule has 0 fully saturated rings. The van der Waals surface area contributed by atoms with E-state index in [1.165, 1.54) is 225 Å². The first kappa shape index (κ1) is 95.1. The Balaban J connectivity index is 5.24. The van der Waals surface area contributed by atoms with Crippen LogP contribution in [0, 0.1) is 11.8 Å². The zero-order chi connectivity index (χ0) is 71.4. The fraction of sp³-hybridized carbons (Fsp3) is 0.949. The van der Waals surface area contributed by atoms with Crippen molar-refractivity contribution in [2.75, 3.05) is 39.6 Å². The Labute approximate surface area is 594 Å². The SMILES string of the molecule is CCCCCCCCCCCCCCCCCC(=O)OC[C@H](COP(=O)(O)OC[C@@H](O)COP(=O)(O)OC[C@@H](COC(=O)CCCCCCCCCCCC)OC(=O)CCCCCCCCCCCCCC(C)C)OC(=O)CCCCCCCCCCCCCCCCCC(C)C. The second kappa shape index (κ2) is 69.8. The normalized spacial score (nSPS) is 14.0. The molecule has 0 aromatic rings. The maximum Gasteiger partial charge on any atom is 0.472 e. The first-order chi connectivity index (χ1) is 46.9. The molecule has 0 bridgehead atoms. The predicted octanol–water partition coefficient (Wildman–Crippen LogP) is 23.1. The van der Waals surface area contributed by atoms with E-state index in [1.807, 2.05) is 0 Å². The molecule has 576 valence electrons. The number of phosphoric ester groups is 2. The van der Waals surface area contributed by atoms with Crippen LogP contribution in [0.2, 0.25) is 0 Å². The maximum absolute atomic E-state index is 13.1. The van der Waals surface area contributed by atoms with Crippen molar-refractivity contribution in [2.45, 2.75) is 426 Å². The van der Waals surface area contributed by atoms with Crippen LogP contribution in [0.15, 0.2) is 0 Å². The lowest BCUT2D eigenvalue weighted by Crippen LogP contribution is -2.30. The third kappa shape index (κ3) is 72.2. The third-order valence-corrected chi connectivity index (χ3v) is 20.1. The first-order valence-corrected chi connectivity index (χ1v) is 43.5. The number of carbonyl (C=O) groups excluding carboxylic acids is 4. The summed E-state index contributed by atoms with van der Waals surface area (Å²) in [5.41, 5.74) is 0. The van der Waals surface area contributed by atoms with Crippen LogP contribution in [0.1, 0.15) is 408 Å².